The Kier molecular flexibility index (Phi) is 7.49. The number of aromatic nitrogens is 4. The number of hydrogen-bond donors (Lipinski definition) is 2. The molecule has 0 spiro atoms. The molecule has 0 radical (unpaired) electrons. The van der Waals surface area contributed by atoms with Gasteiger partial charge >= 0.3 is 7.60 Å². The Morgan fingerprint density at radius 1 is 0.879 bits per heavy atom. The summed E-state index contributed by atoms with van der Waals surface area (Å²) < 4.78 is 25.4. The Labute approximate surface area is 191 Å². The number of nitrogens with zero attached hydrogens (tertiary/aromatic N) is 3. The van der Waals surface area contributed by atoms with E-state index >= 15 is 0 Å². The van der Waals surface area contributed by atoms with Crippen molar-refractivity contribution in [1.82, 2.24) is 25.9 Å². The van der Waals surface area contributed by atoms with Gasteiger partial charge in [-0.15, -0.1) is 10.2 Å². The molecule has 4 aromatic rings. The zero-order valence-electron chi connectivity index (χ0n) is 17.7. The Hall–Kier alpha value is -3.92. The summed E-state index contributed by atoms with van der Waals surface area (Å²) in [7, 11) is -3.65. The van der Waals surface area contributed by atoms with Gasteiger partial charge in [0.2, 0.25) is 0 Å². The predicted octanol–water partition coefficient (Wildman–Crippen LogP) is 4.58. The van der Waals surface area contributed by atoms with E-state index in [0.717, 1.165) is 5.56 Å². The fourth-order valence-electron chi connectivity index (χ4n) is 2.94. The monoisotopic (exact) mass is 459 g/mol. The van der Waals surface area contributed by atoms with Crippen molar-refractivity contribution in [2.75, 3.05) is 6.29 Å². The van der Waals surface area contributed by atoms with Crippen LogP contribution in [0.15, 0.2) is 91.0 Å². The molecule has 0 saturated heterocycles. The summed E-state index contributed by atoms with van der Waals surface area (Å²) in [5.41, 5.74) is 0.898. The van der Waals surface area contributed by atoms with Crippen molar-refractivity contribution >= 4 is 7.60 Å². The molecule has 1 atom stereocenters. The minimum atomic E-state index is -3.65. The number of nitrogens with one attached hydrogen (secondary N) is 2. The van der Waals surface area contributed by atoms with E-state index in [0.29, 0.717) is 23.7 Å². The van der Waals surface area contributed by atoms with Crippen LogP contribution in [-0.4, -0.2) is 26.9 Å². The molecule has 0 saturated carbocycles. The first-order valence-corrected chi connectivity index (χ1v) is 12.0. The maximum Gasteiger partial charge on any atom is 0.444 e. The van der Waals surface area contributed by atoms with E-state index in [9.17, 15) is 4.57 Å². The van der Waals surface area contributed by atoms with E-state index in [1.54, 1.807) is 48.5 Å². The number of aromatic amines is 1. The molecule has 0 fully saturated rings. The highest BCUT2D eigenvalue weighted by Gasteiger charge is 2.30. The summed E-state index contributed by atoms with van der Waals surface area (Å²) >= 11 is 0. The molecule has 9 heteroatoms. The Morgan fingerprint density at radius 2 is 1.45 bits per heavy atom. The standard InChI is InChI=1S/C24H22N5O3P/c30-33(31-21-14-6-2-7-15-21,32-22-16-8-3-9-17-22)19-25-23(24-26-28-29-27-24)18-10-13-20-11-4-1-5-12-20/h1-9,11-12,14-17,23,25H,18-19H2,(H,26,27,28,29). The van der Waals surface area contributed by atoms with Gasteiger partial charge in [0.15, 0.2) is 5.82 Å². The van der Waals surface area contributed by atoms with Gasteiger partial charge < -0.3 is 9.05 Å². The van der Waals surface area contributed by atoms with Gasteiger partial charge in [0, 0.05) is 12.0 Å². The van der Waals surface area contributed by atoms with Gasteiger partial charge in [-0.25, -0.2) is 4.57 Å². The van der Waals surface area contributed by atoms with Crippen LogP contribution < -0.4 is 14.4 Å². The summed E-state index contributed by atoms with van der Waals surface area (Å²) in [5.74, 6) is 7.52. The molecular weight excluding hydrogens is 437 g/mol. The summed E-state index contributed by atoms with van der Waals surface area (Å²) in [6.45, 7) is 0. The highest BCUT2D eigenvalue weighted by Crippen LogP contribution is 2.47. The first kappa shape index (κ1) is 22.3. The fraction of sp³-hybridized carbons (Fsp3) is 0.125. The molecule has 1 unspecified atom stereocenters. The minimum Gasteiger partial charge on any atom is -0.415 e. The fourth-order valence-corrected chi connectivity index (χ4v) is 4.43. The second kappa shape index (κ2) is 11.1. The second-order valence-corrected chi connectivity index (χ2v) is 8.88. The lowest BCUT2D eigenvalue weighted by atomic mass is 10.2. The lowest BCUT2D eigenvalue weighted by Crippen LogP contribution is -2.26. The number of tetrazole rings is 1. The molecule has 4 rings (SSSR count). The van der Waals surface area contributed by atoms with Gasteiger partial charge in [0.25, 0.3) is 0 Å². The predicted molar refractivity (Wildman–Crippen MR) is 125 cm³/mol. The number of benzene rings is 3. The van der Waals surface area contributed by atoms with Crippen molar-refractivity contribution in [3.8, 4) is 23.3 Å². The van der Waals surface area contributed by atoms with Crippen LogP contribution in [0.3, 0.4) is 0 Å². The Morgan fingerprint density at radius 3 is 2.00 bits per heavy atom. The molecule has 0 amide bonds. The zero-order chi connectivity index (χ0) is 22.8. The molecule has 0 bridgehead atoms. The zero-order valence-corrected chi connectivity index (χ0v) is 18.6. The van der Waals surface area contributed by atoms with E-state index < -0.39 is 13.6 Å². The van der Waals surface area contributed by atoms with Crippen LogP contribution in [0.1, 0.15) is 23.9 Å². The summed E-state index contributed by atoms with van der Waals surface area (Å²) in [4.78, 5) is 0. The third kappa shape index (κ3) is 6.78. The summed E-state index contributed by atoms with van der Waals surface area (Å²) in [5, 5.41) is 17.4. The highest BCUT2D eigenvalue weighted by atomic mass is 31.2. The van der Waals surface area contributed by atoms with Crippen LogP contribution in [0.2, 0.25) is 0 Å². The molecule has 166 valence electrons. The Balaban J connectivity index is 1.51. The highest BCUT2D eigenvalue weighted by molar-refractivity contribution is 7.54. The van der Waals surface area contributed by atoms with Gasteiger partial charge in [-0.1, -0.05) is 71.7 Å². The van der Waals surface area contributed by atoms with Crippen LogP contribution in [0, 0.1) is 11.8 Å². The lowest BCUT2D eigenvalue weighted by Gasteiger charge is -2.22. The van der Waals surface area contributed by atoms with Crippen LogP contribution in [0.4, 0.5) is 0 Å². The molecule has 2 N–H and O–H groups in total. The molecule has 1 aromatic heterocycles. The number of rotatable bonds is 9. The van der Waals surface area contributed by atoms with E-state index in [-0.39, 0.29) is 6.29 Å². The average molecular weight is 459 g/mol. The molecule has 1 heterocycles. The van der Waals surface area contributed by atoms with Crippen LogP contribution in [-0.2, 0) is 4.57 Å². The Bertz CT molecular complexity index is 1180. The number of para-hydroxylation sites is 2. The first-order chi connectivity index (χ1) is 16.2. The summed E-state index contributed by atoms with van der Waals surface area (Å²) in [6.07, 6.45) is 0.272. The van der Waals surface area contributed by atoms with Crippen molar-refractivity contribution in [3.05, 3.63) is 102 Å². The van der Waals surface area contributed by atoms with Gasteiger partial charge in [-0.2, -0.15) is 5.21 Å². The molecular formula is C24H22N5O3P. The maximum absolute atomic E-state index is 13.7. The smallest absolute Gasteiger partial charge is 0.415 e. The van der Waals surface area contributed by atoms with Gasteiger partial charge in [0.05, 0.1) is 6.04 Å². The summed E-state index contributed by atoms with van der Waals surface area (Å²) in [6, 6.07) is 27.0. The lowest BCUT2D eigenvalue weighted by molar-refractivity contribution is 0.375. The molecule has 3 aromatic carbocycles. The van der Waals surface area contributed by atoms with E-state index in [2.05, 4.69) is 37.8 Å². The normalized spacial score (nSPS) is 11.8. The largest absolute Gasteiger partial charge is 0.444 e. The SMILES string of the molecule is O=P(CNC(CC#Cc1ccccc1)c1nn[nH]n1)(Oc1ccccc1)Oc1ccccc1. The van der Waals surface area contributed by atoms with Crippen LogP contribution in [0.25, 0.3) is 0 Å². The number of H-pyrrole nitrogens is 1. The molecule has 0 aliphatic heterocycles. The van der Waals surface area contributed by atoms with Crippen molar-refractivity contribution in [1.29, 1.82) is 0 Å². The van der Waals surface area contributed by atoms with Gasteiger partial charge in [-0.05, 0) is 36.4 Å². The maximum atomic E-state index is 13.7. The van der Waals surface area contributed by atoms with Crippen molar-refractivity contribution in [3.63, 3.8) is 0 Å². The van der Waals surface area contributed by atoms with E-state index in [1.165, 1.54) is 0 Å². The molecule has 33 heavy (non-hydrogen) atoms. The molecule has 0 aliphatic carbocycles. The average Bonchev–Trinajstić information content (AvgIpc) is 3.38. The van der Waals surface area contributed by atoms with Crippen LogP contribution >= 0.6 is 7.60 Å². The first-order valence-electron chi connectivity index (χ1n) is 10.3. The number of hydrogen-bond acceptors (Lipinski definition) is 7. The van der Waals surface area contributed by atoms with Gasteiger partial charge in [0.1, 0.15) is 17.8 Å². The van der Waals surface area contributed by atoms with Gasteiger partial charge in [-0.3, -0.25) is 5.32 Å². The van der Waals surface area contributed by atoms with E-state index in [4.69, 9.17) is 9.05 Å². The molecule has 8 nitrogen and oxygen atoms in total. The molecule has 0 aliphatic rings. The second-order valence-electron chi connectivity index (χ2n) is 6.98. The minimum absolute atomic E-state index is 0.0942. The quantitative estimate of drug-likeness (QED) is 0.279. The third-order valence-corrected chi connectivity index (χ3v) is 6.04. The van der Waals surface area contributed by atoms with Crippen molar-refractivity contribution in [2.24, 2.45) is 0 Å². The van der Waals surface area contributed by atoms with Crippen LogP contribution in [0.5, 0.6) is 11.5 Å². The van der Waals surface area contributed by atoms with Crippen molar-refractivity contribution < 1.29 is 13.6 Å². The third-order valence-electron chi connectivity index (χ3n) is 4.49. The van der Waals surface area contributed by atoms with Crippen molar-refractivity contribution in [2.45, 2.75) is 12.5 Å². The topological polar surface area (TPSA) is 102 Å². The van der Waals surface area contributed by atoms with E-state index in [1.807, 2.05) is 42.5 Å².